The van der Waals surface area contributed by atoms with E-state index >= 15 is 0 Å². The van der Waals surface area contributed by atoms with Crippen LogP contribution in [0.4, 0.5) is 4.39 Å². The fourth-order valence-corrected chi connectivity index (χ4v) is 2.31. The Kier molecular flexibility index (Phi) is 3.76. The van der Waals surface area contributed by atoms with Crippen molar-refractivity contribution in [1.29, 1.82) is 0 Å². The standard InChI is InChI=1S/C13H14FNOS/c1-9(15-7-10-4-5-17-8-10)12-3-2-11(16)6-13(12)14/h2-6,8-9,15-16H,7H2,1H3. The maximum absolute atomic E-state index is 13.6. The highest BCUT2D eigenvalue weighted by atomic mass is 32.1. The van der Waals surface area contributed by atoms with Gasteiger partial charge in [0, 0.05) is 24.2 Å². The topological polar surface area (TPSA) is 32.3 Å². The Balaban J connectivity index is 2.01. The van der Waals surface area contributed by atoms with E-state index in [1.165, 1.54) is 11.6 Å². The Morgan fingerprint density at radius 1 is 1.41 bits per heavy atom. The van der Waals surface area contributed by atoms with Crippen molar-refractivity contribution >= 4 is 11.3 Å². The van der Waals surface area contributed by atoms with Gasteiger partial charge in [-0.05, 0) is 35.4 Å². The summed E-state index contributed by atoms with van der Waals surface area (Å²) in [6, 6.07) is 6.20. The van der Waals surface area contributed by atoms with Crippen molar-refractivity contribution in [2.45, 2.75) is 19.5 Å². The zero-order valence-electron chi connectivity index (χ0n) is 9.48. The predicted molar refractivity (Wildman–Crippen MR) is 67.6 cm³/mol. The number of phenols is 1. The molecular weight excluding hydrogens is 237 g/mol. The fourth-order valence-electron chi connectivity index (χ4n) is 1.64. The van der Waals surface area contributed by atoms with Crippen LogP contribution in [0, 0.1) is 5.82 Å². The Hall–Kier alpha value is -1.39. The second kappa shape index (κ2) is 5.29. The average molecular weight is 251 g/mol. The van der Waals surface area contributed by atoms with Gasteiger partial charge in [0.1, 0.15) is 11.6 Å². The van der Waals surface area contributed by atoms with Crippen molar-refractivity contribution in [3.8, 4) is 5.75 Å². The van der Waals surface area contributed by atoms with Crippen molar-refractivity contribution in [3.05, 3.63) is 52.0 Å². The largest absolute Gasteiger partial charge is 0.508 e. The predicted octanol–water partition coefficient (Wildman–Crippen LogP) is 3.44. The molecule has 0 aliphatic carbocycles. The number of nitrogens with one attached hydrogen (secondary N) is 1. The first-order chi connectivity index (χ1) is 8.16. The molecule has 90 valence electrons. The van der Waals surface area contributed by atoms with Crippen molar-refractivity contribution in [1.82, 2.24) is 5.32 Å². The summed E-state index contributed by atoms with van der Waals surface area (Å²) in [4.78, 5) is 0. The molecule has 0 saturated heterocycles. The van der Waals surface area contributed by atoms with Gasteiger partial charge < -0.3 is 10.4 Å². The molecule has 17 heavy (non-hydrogen) atoms. The van der Waals surface area contributed by atoms with E-state index in [0.29, 0.717) is 12.1 Å². The molecule has 0 aliphatic heterocycles. The Labute approximate surface area is 104 Å². The molecule has 0 bridgehead atoms. The molecule has 0 saturated carbocycles. The number of phenolic OH excluding ortho intramolecular Hbond substituents is 1. The number of halogens is 1. The van der Waals surface area contributed by atoms with Gasteiger partial charge >= 0.3 is 0 Å². The lowest BCUT2D eigenvalue weighted by Gasteiger charge is -2.14. The molecule has 0 radical (unpaired) electrons. The van der Waals surface area contributed by atoms with Gasteiger partial charge in [-0.1, -0.05) is 6.07 Å². The van der Waals surface area contributed by atoms with Crippen LogP contribution in [0.25, 0.3) is 0 Å². The molecule has 0 fully saturated rings. The maximum Gasteiger partial charge on any atom is 0.131 e. The van der Waals surface area contributed by atoms with Gasteiger partial charge in [0.15, 0.2) is 0 Å². The normalized spacial score (nSPS) is 12.6. The van der Waals surface area contributed by atoms with E-state index in [2.05, 4.69) is 10.7 Å². The van der Waals surface area contributed by atoms with E-state index in [1.54, 1.807) is 17.4 Å². The summed E-state index contributed by atoms with van der Waals surface area (Å²) in [5, 5.41) is 16.5. The van der Waals surface area contributed by atoms with Crippen LogP contribution < -0.4 is 5.32 Å². The molecule has 1 atom stereocenters. The van der Waals surface area contributed by atoms with Gasteiger partial charge in [0.05, 0.1) is 0 Å². The van der Waals surface area contributed by atoms with Crippen LogP contribution >= 0.6 is 11.3 Å². The second-order valence-electron chi connectivity index (χ2n) is 3.94. The molecule has 2 N–H and O–H groups in total. The molecular formula is C13H14FNOS. The average Bonchev–Trinajstić information content (AvgIpc) is 2.78. The Bertz CT molecular complexity index is 484. The third kappa shape index (κ3) is 3.05. The monoisotopic (exact) mass is 251 g/mol. The summed E-state index contributed by atoms with van der Waals surface area (Å²) < 4.78 is 13.6. The Morgan fingerprint density at radius 2 is 2.24 bits per heavy atom. The number of thiophene rings is 1. The maximum atomic E-state index is 13.6. The molecule has 1 unspecified atom stereocenters. The second-order valence-corrected chi connectivity index (χ2v) is 4.72. The molecule has 0 amide bonds. The summed E-state index contributed by atoms with van der Waals surface area (Å²) in [5.41, 5.74) is 1.76. The molecule has 1 aromatic heterocycles. The van der Waals surface area contributed by atoms with E-state index in [9.17, 15) is 4.39 Å². The van der Waals surface area contributed by atoms with Gasteiger partial charge in [-0.2, -0.15) is 11.3 Å². The van der Waals surface area contributed by atoms with Crippen molar-refractivity contribution < 1.29 is 9.50 Å². The summed E-state index contributed by atoms with van der Waals surface area (Å²) >= 11 is 1.65. The highest BCUT2D eigenvalue weighted by Gasteiger charge is 2.10. The van der Waals surface area contributed by atoms with Crippen molar-refractivity contribution in [3.63, 3.8) is 0 Å². The summed E-state index contributed by atoms with van der Waals surface area (Å²) in [7, 11) is 0. The van der Waals surface area contributed by atoms with E-state index in [1.807, 2.05) is 18.4 Å². The number of benzene rings is 1. The minimum absolute atomic E-state index is 0.0451. The van der Waals surface area contributed by atoms with Crippen LogP contribution in [-0.4, -0.2) is 5.11 Å². The van der Waals surface area contributed by atoms with Crippen LogP contribution in [0.2, 0.25) is 0 Å². The van der Waals surface area contributed by atoms with Crippen molar-refractivity contribution in [2.24, 2.45) is 0 Å². The third-order valence-corrected chi connectivity index (χ3v) is 3.38. The number of hydrogen-bond acceptors (Lipinski definition) is 3. The van der Waals surface area contributed by atoms with E-state index in [4.69, 9.17) is 5.11 Å². The summed E-state index contributed by atoms with van der Waals surface area (Å²) in [6.45, 7) is 2.62. The first-order valence-corrected chi connectivity index (χ1v) is 6.34. The number of hydrogen-bond donors (Lipinski definition) is 2. The number of aromatic hydroxyl groups is 1. The van der Waals surface area contributed by atoms with Gasteiger partial charge in [-0.3, -0.25) is 0 Å². The number of rotatable bonds is 4. The Morgan fingerprint density at radius 3 is 2.88 bits per heavy atom. The molecule has 2 aromatic rings. The van der Waals surface area contributed by atoms with E-state index in [-0.39, 0.29) is 17.6 Å². The fraction of sp³-hybridized carbons (Fsp3) is 0.231. The van der Waals surface area contributed by atoms with E-state index < -0.39 is 0 Å². The van der Waals surface area contributed by atoms with Crippen LogP contribution in [0.5, 0.6) is 5.75 Å². The zero-order chi connectivity index (χ0) is 12.3. The summed E-state index contributed by atoms with van der Waals surface area (Å²) in [6.07, 6.45) is 0. The zero-order valence-corrected chi connectivity index (χ0v) is 10.3. The van der Waals surface area contributed by atoms with Gasteiger partial charge in [-0.15, -0.1) is 0 Å². The van der Waals surface area contributed by atoms with Gasteiger partial charge in [-0.25, -0.2) is 4.39 Å². The highest BCUT2D eigenvalue weighted by molar-refractivity contribution is 7.07. The van der Waals surface area contributed by atoms with Gasteiger partial charge in [0.25, 0.3) is 0 Å². The minimum atomic E-state index is -0.379. The SMILES string of the molecule is CC(NCc1ccsc1)c1ccc(O)cc1F. The smallest absolute Gasteiger partial charge is 0.131 e. The molecule has 0 spiro atoms. The molecule has 2 rings (SSSR count). The summed E-state index contributed by atoms with van der Waals surface area (Å²) in [5.74, 6) is -0.424. The quantitative estimate of drug-likeness (QED) is 0.872. The van der Waals surface area contributed by atoms with Gasteiger partial charge in [0.2, 0.25) is 0 Å². The molecule has 1 aromatic carbocycles. The lowest BCUT2D eigenvalue weighted by atomic mass is 10.1. The molecule has 1 heterocycles. The lowest BCUT2D eigenvalue weighted by molar-refractivity contribution is 0.463. The van der Waals surface area contributed by atoms with Crippen molar-refractivity contribution in [2.75, 3.05) is 0 Å². The van der Waals surface area contributed by atoms with Crippen LogP contribution in [0.1, 0.15) is 24.1 Å². The van der Waals surface area contributed by atoms with Crippen LogP contribution in [0.3, 0.4) is 0 Å². The lowest BCUT2D eigenvalue weighted by Crippen LogP contribution is -2.18. The van der Waals surface area contributed by atoms with Crippen LogP contribution in [0.15, 0.2) is 35.0 Å². The minimum Gasteiger partial charge on any atom is -0.508 e. The molecule has 2 nitrogen and oxygen atoms in total. The first kappa shape index (κ1) is 12.1. The van der Waals surface area contributed by atoms with Crippen LogP contribution in [-0.2, 0) is 6.54 Å². The molecule has 4 heteroatoms. The third-order valence-electron chi connectivity index (χ3n) is 2.64. The highest BCUT2D eigenvalue weighted by Crippen LogP contribution is 2.21. The van der Waals surface area contributed by atoms with E-state index in [0.717, 1.165) is 6.07 Å². The molecule has 0 aliphatic rings. The first-order valence-electron chi connectivity index (χ1n) is 5.39.